The first-order valence-corrected chi connectivity index (χ1v) is 15.7. The van der Waals surface area contributed by atoms with E-state index in [0.29, 0.717) is 36.4 Å². The van der Waals surface area contributed by atoms with Crippen LogP contribution in [0.4, 0.5) is 5.69 Å². The van der Waals surface area contributed by atoms with Crippen molar-refractivity contribution in [1.29, 1.82) is 0 Å². The first kappa shape index (κ1) is 28.2. The molecule has 1 aliphatic rings. The predicted octanol–water partition coefficient (Wildman–Crippen LogP) is 6.98. The number of benzene rings is 3. The fourth-order valence-electron chi connectivity index (χ4n) is 4.65. The van der Waals surface area contributed by atoms with E-state index in [-0.39, 0.29) is 28.3 Å². The minimum atomic E-state index is -3.38. The lowest BCUT2D eigenvalue weighted by Gasteiger charge is -2.32. The molecule has 1 fully saturated rings. The highest BCUT2D eigenvalue weighted by molar-refractivity contribution is 7.88. The second-order valence-electron chi connectivity index (χ2n) is 9.61. The number of anilines is 1. The monoisotopic (exact) mass is 595 g/mol. The van der Waals surface area contributed by atoms with E-state index < -0.39 is 21.7 Å². The summed E-state index contributed by atoms with van der Waals surface area (Å²) in [5.74, 6) is -1.24. The van der Waals surface area contributed by atoms with Crippen LogP contribution in [0.2, 0.25) is 5.02 Å². The molecular formula is C30H28ClN2O5S2. The van der Waals surface area contributed by atoms with Crippen LogP contribution in [0, 0.1) is 0 Å². The van der Waals surface area contributed by atoms with Gasteiger partial charge < -0.3 is 10.1 Å². The van der Waals surface area contributed by atoms with Crippen LogP contribution < -0.4 is 5.32 Å². The summed E-state index contributed by atoms with van der Waals surface area (Å²) in [6.07, 6.45) is 1.33. The Bertz CT molecular complexity index is 1570. The van der Waals surface area contributed by atoms with Crippen molar-refractivity contribution in [2.24, 2.45) is 0 Å². The maximum Gasteiger partial charge on any atom is 0.352 e. The third-order valence-corrected chi connectivity index (χ3v) is 10.3. The molecule has 4 aromatic rings. The molecule has 10 heteroatoms. The van der Waals surface area contributed by atoms with Crippen molar-refractivity contribution in [3.63, 3.8) is 0 Å². The molecule has 7 nitrogen and oxygen atoms in total. The largest absolute Gasteiger partial charge is 0.457 e. The van der Waals surface area contributed by atoms with Crippen molar-refractivity contribution >= 4 is 44.6 Å². The van der Waals surface area contributed by atoms with E-state index >= 15 is 0 Å². The number of sulfonamides is 1. The molecule has 1 N–H and O–H groups in total. The Morgan fingerprint density at radius 1 is 0.950 bits per heavy atom. The van der Waals surface area contributed by atoms with E-state index in [1.807, 2.05) is 84.9 Å². The van der Waals surface area contributed by atoms with E-state index in [9.17, 15) is 18.3 Å². The van der Waals surface area contributed by atoms with Crippen molar-refractivity contribution in [2.45, 2.75) is 31.2 Å². The molecule has 0 aliphatic carbocycles. The minimum Gasteiger partial charge on any atom is -0.457 e. The topological polar surface area (TPSA) is 95.6 Å². The van der Waals surface area contributed by atoms with Gasteiger partial charge in [-0.15, -0.1) is 11.3 Å². The van der Waals surface area contributed by atoms with Gasteiger partial charge in [0.25, 0.3) is 0 Å². The van der Waals surface area contributed by atoms with Gasteiger partial charge in [0, 0.05) is 24.8 Å². The molecule has 3 aromatic carbocycles. The van der Waals surface area contributed by atoms with Crippen LogP contribution in [-0.4, -0.2) is 37.8 Å². The van der Waals surface area contributed by atoms with Gasteiger partial charge in [0.15, 0.2) is 4.88 Å². The van der Waals surface area contributed by atoms with Crippen LogP contribution in [0.3, 0.4) is 0 Å². The number of hydrogen-bond donors (Lipinski definition) is 1. The predicted molar refractivity (Wildman–Crippen MR) is 158 cm³/mol. The van der Waals surface area contributed by atoms with Gasteiger partial charge in [0.05, 0.1) is 10.6 Å². The van der Waals surface area contributed by atoms with Crippen molar-refractivity contribution in [3.8, 4) is 16.2 Å². The first-order chi connectivity index (χ1) is 19.3. The number of rotatable bonds is 9. The Morgan fingerprint density at radius 2 is 1.60 bits per heavy atom. The Balaban J connectivity index is 1.21. The first-order valence-electron chi connectivity index (χ1n) is 12.9. The fraction of sp³-hybridized carbons (Fsp3) is 0.233. The summed E-state index contributed by atoms with van der Waals surface area (Å²) >= 11 is 7.40. The zero-order valence-corrected chi connectivity index (χ0v) is 24.0. The molecule has 2 heterocycles. The van der Waals surface area contributed by atoms with Crippen molar-refractivity contribution in [3.05, 3.63) is 106 Å². The summed E-state index contributed by atoms with van der Waals surface area (Å²) in [6, 6.07) is 26.0. The molecule has 1 aromatic heterocycles. The number of carbonyl (C=O) groups is 1. The second-order valence-corrected chi connectivity index (χ2v) is 13.0. The lowest BCUT2D eigenvalue weighted by atomic mass is 10.1. The maximum absolute atomic E-state index is 12.9. The zero-order valence-electron chi connectivity index (χ0n) is 21.6. The Morgan fingerprint density at radius 3 is 2.27 bits per heavy atom. The maximum atomic E-state index is 12.9. The Kier molecular flexibility index (Phi) is 8.75. The van der Waals surface area contributed by atoms with Gasteiger partial charge in [-0.1, -0.05) is 84.4 Å². The van der Waals surface area contributed by atoms with E-state index in [0.717, 1.165) is 28.2 Å². The number of nitrogens with zero attached hydrogens (tertiary/aromatic N) is 1. The number of halogens is 1. The molecule has 0 spiro atoms. The molecule has 1 aliphatic heterocycles. The molecule has 0 amide bonds. The van der Waals surface area contributed by atoms with Crippen molar-refractivity contribution < 1.29 is 23.1 Å². The van der Waals surface area contributed by atoms with Crippen molar-refractivity contribution in [1.82, 2.24) is 4.31 Å². The summed E-state index contributed by atoms with van der Waals surface area (Å²) in [7, 11) is -3.38. The highest BCUT2D eigenvalue weighted by Crippen LogP contribution is 2.46. The number of thiophene rings is 1. The van der Waals surface area contributed by atoms with Crippen LogP contribution in [0.15, 0.2) is 84.9 Å². The molecule has 40 heavy (non-hydrogen) atoms. The Labute approximate surface area is 243 Å². The van der Waals surface area contributed by atoms with Gasteiger partial charge in [-0.3, -0.25) is 5.11 Å². The quantitative estimate of drug-likeness (QED) is 0.211. The van der Waals surface area contributed by atoms with Gasteiger partial charge >= 0.3 is 5.97 Å². The lowest BCUT2D eigenvalue weighted by Crippen LogP contribution is -2.42. The lowest BCUT2D eigenvalue weighted by molar-refractivity contribution is 0.0474. The van der Waals surface area contributed by atoms with E-state index in [4.69, 9.17) is 16.3 Å². The third-order valence-electron chi connectivity index (χ3n) is 6.74. The normalized spacial score (nSPS) is 14.6. The minimum absolute atomic E-state index is 0.000950. The number of carbonyl (C=O) groups excluding carboxylic acids is 1. The molecule has 5 rings (SSSR count). The number of nitrogens with one attached hydrogen (secondary N) is 1. The average molecular weight is 596 g/mol. The molecule has 207 valence electrons. The second kappa shape index (κ2) is 12.4. The molecule has 1 radical (unpaired) electrons. The van der Waals surface area contributed by atoms with Crippen LogP contribution in [0.25, 0.3) is 10.4 Å². The van der Waals surface area contributed by atoms with E-state index in [1.165, 1.54) is 0 Å². The van der Waals surface area contributed by atoms with Crippen LogP contribution in [-0.2, 0) is 32.2 Å². The number of ether oxygens (including phenoxy) is 1. The SMILES string of the molecule is [O]c1c(C(=O)OCc2ccccc2)sc(-c2cccc(NC3CCN(S(=O)(=O)Cc4ccccc4)CC3)c2)c1Cl. The van der Waals surface area contributed by atoms with Gasteiger partial charge in [-0.05, 0) is 41.7 Å². The number of piperidine rings is 1. The number of esters is 1. The van der Waals surface area contributed by atoms with Crippen LogP contribution in [0.5, 0.6) is 5.75 Å². The highest BCUT2D eigenvalue weighted by atomic mass is 35.5. The fourth-order valence-corrected chi connectivity index (χ4v) is 7.55. The third kappa shape index (κ3) is 6.67. The van der Waals surface area contributed by atoms with Gasteiger partial charge in [0.2, 0.25) is 15.8 Å². The molecular weight excluding hydrogens is 568 g/mol. The van der Waals surface area contributed by atoms with Gasteiger partial charge in [0.1, 0.15) is 11.6 Å². The number of hydrogen-bond acceptors (Lipinski definition) is 6. The summed E-state index contributed by atoms with van der Waals surface area (Å²) in [5.41, 5.74) is 3.14. The Hall–Kier alpha value is -3.37. The van der Waals surface area contributed by atoms with Crippen LogP contribution >= 0.6 is 22.9 Å². The molecule has 0 unspecified atom stereocenters. The summed E-state index contributed by atoms with van der Waals surface area (Å²) in [6.45, 7) is 0.949. The van der Waals surface area contributed by atoms with Gasteiger partial charge in [-0.2, -0.15) is 0 Å². The van der Waals surface area contributed by atoms with Crippen molar-refractivity contribution in [2.75, 3.05) is 18.4 Å². The summed E-state index contributed by atoms with van der Waals surface area (Å²) < 4.78 is 32.7. The molecule has 0 saturated carbocycles. The van der Waals surface area contributed by atoms with E-state index in [1.54, 1.807) is 4.31 Å². The summed E-state index contributed by atoms with van der Waals surface area (Å²) in [5, 5.41) is 16.2. The van der Waals surface area contributed by atoms with E-state index in [2.05, 4.69) is 5.32 Å². The smallest absolute Gasteiger partial charge is 0.352 e. The highest BCUT2D eigenvalue weighted by Gasteiger charge is 2.29. The molecule has 0 atom stereocenters. The standard InChI is InChI=1S/C30H28ClN2O5S2/c31-26-27(34)29(30(35)38-19-21-8-3-1-4-9-21)39-28(26)23-12-7-13-25(18-23)32-24-14-16-33(17-15-24)40(36,37)20-22-10-5-2-6-11-22/h1-13,18,24,32H,14-17,19-20H2. The van der Waals surface area contributed by atoms with Gasteiger partial charge in [-0.25, -0.2) is 17.5 Å². The molecule has 1 saturated heterocycles. The molecule has 0 bridgehead atoms. The van der Waals surface area contributed by atoms with Crippen LogP contribution in [0.1, 0.15) is 33.6 Å². The average Bonchev–Trinajstić information content (AvgIpc) is 3.27. The summed E-state index contributed by atoms with van der Waals surface area (Å²) in [4.78, 5) is 13.1. The zero-order chi connectivity index (χ0) is 28.1.